The van der Waals surface area contributed by atoms with Crippen molar-refractivity contribution in [3.05, 3.63) is 46.3 Å². The van der Waals surface area contributed by atoms with E-state index in [1.54, 1.807) is 13.8 Å². The number of carbonyl (C=O) groups is 1. The average Bonchev–Trinajstić information content (AvgIpc) is 2.96. The molecule has 1 aromatic heterocycles. The summed E-state index contributed by atoms with van der Waals surface area (Å²) in [5.74, 6) is 0.373. The quantitative estimate of drug-likeness (QED) is 0.726. The van der Waals surface area contributed by atoms with E-state index in [1.165, 1.54) is 4.31 Å². The summed E-state index contributed by atoms with van der Waals surface area (Å²) < 4.78 is 32.2. The summed E-state index contributed by atoms with van der Waals surface area (Å²) >= 11 is 0. The molecule has 1 fully saturated rings. The van der Waals surface area contributed by atoms with Crippen molar-refractivity contribution in [3.8, 4) is 0 Å². The lowest BCUT2D eigenvalue weighted by Gasteiger charge is -2.33. The molecule has 1 aromatic carbocycles. The Bertz CT molecular complexity index is 938. The molecule has 8 heteroatoms. The zero-order valence-corrected chi connectivity index (χ0v) is 17.0. The van der Waals surface area contributed by atoms with Crippen LogP contribution in [-0.2, 0) is 10.0 Å². The molecule has 146 valence electrons. The van der Waals surface area contributed by atoms with Crippen LogP contribution in [0.5, 0.6) is 0 Å². The first kappa shape index (κ1) is 19.7. The largest absolute Gasteiger partial charge is 0.360 e. The van der Waals surface area contributed by atoms with E-state index in [2.05, 4.69) is 5.16 Å². The third kappa shape index (κ3) is 3.97. The van der Waals surface area contributed by atoms with Crippen LogP contribution in [0.3, 0.4) is 0 Å². The Balaban J connectivity index is 1.65. The fourth-order valence-electron chi connectivity index (χ4n) is 3.42. The van der Waals surface area contributed by atoms with Crippen molar-refractivity contribution in [2.75, 3.05) is 32.7 Å². The summed E-state index contributed by atoms with van der Waals surface area (Å²) in [6.07, 6.45) is 0. The van der Waals surface area contributed by atoms with Crippen molar-refractivity contribution in [2.45, 2.75) is 32.6 Å². The zero-order valence-electron chi connectivity index (χ0n) is 16.2. The molecular weight excluding hydrogens is 366 g/mol. The number of aryl methyl sites for hydroxylation is 4. The molecule has 0 unspecified atom stereocenters. The van der Waals surface area contributed by atoms with Crippen LogP contribution in [-0.4, -0.2) is 61.3 Å². The number of hydrogen-bond donors (Lipinski definition) is 0. The first-order chi connectivity index (χ1) is 12.7. The Kier molecular flexibility index (Phi) is 5.50. The molecule has 2 aromatic rings. The molecule has 0 radical (unpaired) electrons. The maximum absolute atomic E-state index is 12.9. The van der Waals surface area contributed by atoms with Crippen LogP contribution in [0.15, 0.2) is 27.6 Å². The number of nitrogens with zero attached hydrogens (tertiary/aromatic N) is 3. The Hall–Kier alpha value is -2.03. The van der Waals surface area contributed by atoms with Crippen LogP contribution in [0.1, 0.15) is 32.9 Å². The molecule has 1 saturated heterocycles. The van der Waals surface area contributed by atoms with Gasteiger partial charge in [0.1, 0.15) is 10.6 Å². The highest BCUT2D eigenvalue weighted by Crippen LogP contribution is 2.24. The smallest absolute Gasteiger partial charge is 0.248 e. The molecule has 0 saturated carbocycles. The van der Waals surface area contributed by atoms with Crippen LogP contribution in [0, 0.1) is 27.7 Å². The van der Waals surface area contributed by atoms with E-state index in [-0.39, 0.29) is 10.7 Å². The molecule has 3 rings (SSSR count). The summed E-state index contributed by atoms with van der Waals surface area (Å²) in [4.78, 5) is 14.8. The number of ketones is 1. The molecule has 0 atom stereocenters. The van der Waals surface area contributed by atoms with Gasteiger partial charge in [0.15, 0.2) is 11.5 Å². The summed E-state index contributed by atoms with van der Waals surface area (Å²) in [6.45, 7) is 9.13. The van der Waals surface area contributed by atoms with E-state index in [0.29, 0.717) is 44.2 Å². The SMILES string of the molecule is Cc1ccc(C)c(C(=O)CN2CCN(S(=O)(=O)c3c(C)noc3C)CC2)c1. The van der Waals surface area contributed by atoms with Gasteiger partial charge in [-0.05, 0) is 39.3 Å². The topological polar surface area (TPSA) is 83.7 Å². The number of rotatable bonds is 5. The van der Waals surface area contributed by atoms with E-state index in [1.807, 2.05) is 36.9 Å². The van der Waals surface area contributed by atoms with E-state index >= 15 is 0 Å². The molecular formula is C19H25N3O4S. The summed E-state index contributed by atoms with van der Waals surface area (Å²) in [7, 11) is -3.63. The maximum atomic E-state index is 12.9. The highest BCUT2D eigenvalue weighted by atomic mass is 32.2. The normalized spacial score (nSPS) is 16.6. The van der Waals surface area contributed by atoms with Crippen LogP contribution in [0.2, 0.25) is 0 Å². The molecule has 0 bridgehead atoms. The van der Waals surface area contributed by atoms with Gasteiger partial charge in [0.2, 0.25) is 10.0 Å². The van der Waals surface area contributed by atoms with Crippen LogP contribution in [0.25, 0.3) is 0 Å². The van der Waals surface area contributed by atoms with E-state index in [0.717, 1.165) is 16.7 Å². The summed E-state index contributed by atoms with van der Waals surface area (Å²) in [5.41, 5.74) is 3.13. The van der Waals surface area contributed by atoms with Crippen LogP contribution < -0.4 is 0 Å². The summed E-state index contributed by atoms with van der Waals surface area (Å²) in [5, 5.41) is 3.74. The molecule has 0 N–H and O–H groups in total. The third-order valence-corrected chi connectivity index (χ3v) is 7.10. The second-order valence-electron chi connectivity index (χ2n) is 7.08. The highest BCUT2D eigenvalue weighted by Gasteiger charge is 2.33. The second-order valence-corrected chi connectivity index (χ2v) is 8.95. The van der Waals surface area contributed by atoms with Gasteiger partial charge in [-0.1, -0.05) is 22.9 Å². The highest BCUT2D eigenvalue weighted by molar-refractivity contribution is 7.89. The number of piperazine rings is 1. The number of Topliss-reactive ketones (excluding diaryl/α,β-unsaturated/α-hetero) is 1. The van der Waals surface area contributed by atoms with Gasteiger partial charge in [0, 0.05) is 31.7 Å². The lowest BCUT2D eigenvalue weighted by Crippen LogP contribution is -2.50. The number of sulfonamides is 1. The number of benzene rings is 1. The third-order valence-electron chi connectivity index (χ3n) is 4.96. The van der Waals surface area contributed by atoms with Crippen molar-refractivity contribution in [2.24, 2.45) is 0 Å². The molecule has 1 aliphatic rings. The minimum atomic E-state index is -3.63. The molecule has 0 amide bonds. The van der Waals surface area contributed by atoms with Crippen LogP contribution in [0.4, 0.5) is 0 Å². The second kappa shape index (κ2) is 7.53. The number of aromatic nitrogens is 1. The van der Waals surface area contributed by atoms with E-state index < -0.39 is 10.0 Å². The molecule has 27 heavy (non-hydrogen) atoms. The average molecular weight is 391 g/mol. The van der Waals surface area contributed by atoms with Gasteiger partial charge in [0.25, 0.3) is 0 Å². The van der Waals surface area contributed by atoms with E-state index in [4.69, 9.17) is 4.52 Å². The Morgan fingerprint density at radius 1 is 1.11 bits per heavy atom. The first-order valence-corrected chi connectivity index (χ1v) is 10.4. The molecule has 0 spiro atoms. The van der Waals surface area contributed by atoms with Crippen LogP contribution >= 0.6 is 0 Å². The predicted molar refractivity (Wildman–Crippen MR) is 101 cm³/mol. The van der Waals surface area contributed by atoms with E-state index in [9.17, 15) is 13.2 Å². The van der Waals surface area contributed by atoms with Gasteiger partial charge < -0.3 is 4.52 Å². The lowest BCUT2D eigenvalue weighted by atomic mass is 10.0. The molecule has 0 aliphatic carbocycles. The van der Waals surface area contributed by atoms with Gasteiger partial charge in [0.05, 0.1) is 6.54 Å². The Morgan fingerprint density at radius 2 is 1.78 bits per heavy atom. The van der Waals surface area contributed by atoms with Gasteiger partial charge >= 0.3 is 0 Å². The van der Waals surface area contributed by atoms with Crippen molar-refractivity contribution in [3.63, 3.8) is 0 Å². The Morgan fingerprint density at radius 3 is 2.37 bits per heavy atom. The van der Waals surface area contributed by atoms with Crippen molar-refractivity contribution < 1.29 is 17.7 Å². The monoisotopic (exact) mass is 391 g/mol. The van der Waals surface area contributed by atoms with Gasteiger partial charge in [-0.2, -0.15) is 4.31 Å². The number of hydrogen-bond acceptors (Lipinski definition) is 6. The zero-order chi connectivity index (χ0) is 19.8. The van der Waals surface area contributed by atoms with Gasteiger partial charge in [-0.3, -0.25) is 9.69 Å². The van der Waals surface area contributed by atoms with Gasteiger partial charge in [-0.25, -0.2) is 8.42 Å². The van der Waals surface area contributed by atoms with Crippen molar-refractivity contribution in [1.82, 2.24) is 14.4 Å². The first-order valence-electron chi connectivity index (χ1n) is 8.96. The minimum Gasteiger partial charge on any atom is -0.360 e. The standard InChI is InChI=1S/C19H25N3O4S/c1-13-5-6-14(2)17(11-13)18(23)12-21-7-9-22(10-8-21)27(24,25)19-15(3)20-26-16(19)4/h5-6,11H,7-10,12H2,1-4H3. The fraction of sp³-hybridized carbons (Fsp3) is 0.474. The lowest BCUT2D eigenvalue weighted by molar-refractivity contribution is 0.0901. The predicted octanol–water partition coefficient (Wildman–Crippen LogP) is 2.10. The number of carbonyl (C=O) groups excluding carboxylic acids is 1. The molecule has 1 aliphatic heterocycles. The maximum Gasteiger partial charge on any atom is 0.248 e. The van der Waals surface area contributed by atoms with Crippen molar-refractivity contribution >= 4 is 15.8 Å². The van der Waals surface area contributed by atoms with Gasteiger partial charge in [-0.15, -0.1) is 0 Å². The molecule has 2 heterocycles. The Labute approximate surface area is 160 Å². The fourth-order valence-corrected chi connectivity index (χ4v) is 5.14. The van der Waals surface area contributed by atoms with Crippen molar-refractivity contribution in [1.29, 1.82) is 0 Å². The minimum absolute atomic E-state index is 0.0678. The summed E-state index contributed by atoms with van der Waals surface area (Å²) in [6, 6.07) is 5.86. The molecule has 7 nitrogen and oxygen atoms in total.